The van der Waals surface area contributed by atoms with Crippen molar-refractivity contribution in [1.29, 1.82) is 0 Å². The van der Waals surface area contributed by atoms with Crippen molar-refractivity contribution in [3.05, 3.63) is 10.9 Å². The molecule has 1 saturated heterocycles. The van der Waals surface area contributed by atoms with E-state index < -0.39 is 0 Å². The molecule has 1 atom stereocenters. The van der Waals surface area contributed by atoms with E-state index in [2.05, 4.69) is 23.3 Å². The van der Waals surface area contributed by atoms with Crippen molar-refractivity contribution in [2.45, 2.75) is 18.8 Å². The van der Waals surface area contributed by atoms with Crippen LogP contribution in [0.5, 0.6) is 5.75 Å². The fourth-order valence-corrected chi connectivity index (χ4v) is 3.66. The van der Waals surface area contributed by atoms with Gasteiger partial charge in [-0.1, -0.05) is 0 Å². The number of anilines is 1. The Bertz CT molecular complexity index is 371. The highest BCUT2D eigenvalue weighted by Crippen LogP contribution is 2.43. The molecule has 1 N–H and O–H groups in total. The van der Waals surface area contributed by atoms with Gasteiger partial charge in [0.05, 0.1) is 6.54 Å². The molecule has 88 valence electrons. The number of thiophene rings is 1. The third-order valence-corrected chi connectivity index (χ3v) is 4.82. The van der Waals surface area contributed by atoms with Gasteiger partial charge in [-0.3, -0.25) is 0 Å². The van der Waals surface area contributed by atoms with Crippen molar-refractivity contribution < 1.29 is 4.74 Å². The molecular weight excluding hydrogens is 220 g/mol. The van der Waals surface area contributed by atoms with Gasteiger partial charge in [0.25, 0.3) is 0 Å². The predicted molar refractivity (Wildman–Crippen MR) is 67.9 cm³/mol. The van der Waals surface area contributed by atoms with Gasteiger partial charge in [-0.05, 0) is 25.5 Å². The molecule has 0 saturated carbocycles. The van der Waals surface area contributed by atoms with Crippen LogP contribution in [0.15, 0.2) is 6.07 Å². The SMILES string of the molecule is CN1CCOc2cc(C3CCCNC3)sc21. The van der Waals surface area contributed by atoms with Gasteiger partial charge in [-0.25, -0.2) is 0 Å². The van der Waals surface area contributed by atoms with Crippen LogP contribution in [0.2, 0.25) is 0 Å². The largest absolute Gasteiger partial charge is 0.489 e. The molecule has 1 aromatic heterocycles. The number of hydrogen-bond acceptors (Lipinski definition) is 4. The summed E-state index contributed by atoms with van der Waals surface area (Å²) in [6.45, 7) is 4.14. The summed E-state index contributed by atoms with van der Waals surface area (Å²) in [6, 6.07) is 2.26. The second-order valence-corrected chi connectivity index (χ2v) is 5.69. The lowest BCUT2D eigenvalue weighted by Gasteiger charge is -2.24. The fourth-order valence-electron chi connectivity index (χ4n) is 2.44. The number of likely N-dealkylation sites (N-methyl/N-ethyl adjacent to an activating group) is 1. The third-order valence-electron chi connectivity index (χ3n) is 3.43. The van der Waals surface area contributed by atoms with Crippen LogP contribution in [-0.2, 0) is 0 Å². The lowest BCUT2D eigenvalue weighted by Crippen LogP contribution is -2.27. The number of nitrogens with one attached hydrogen (secondary N) is 1. The molecule has 3 nitrogen and oxygen atoms in total. The zero-order valence-corrected chi connectivity index (χ0v) is 10.5. The van der Waals surface area contributed by atoms with E-state index in [1.807, 2.05) is 11.3 Å². The molecule has 0 aliphatic carbocycles. The summed E-state index contributed by atoms with van der Waals surface area (Å²) < 4.78 is 5.71. The smallest absolute Gasteiger partial charge is 0.154 e. The molecule has 3 heterocycles. The van der Waals surface area contributed by atoms with Crippen LogP contribution in [-0.4, -0.2) is 33.3 Å². The molecule has 1 unspecified atom stereocenters. The monoisotopic (exact) mass is 238 g/mol. The van der Waals surface area contributed by atoms with Crippen molar-refractivity contribution in [3.8, 4) is 5.75 Å². The van der Waals surface area contributed by atoms with Gasteiger partial charge in [0.15, 0.2) is 5.75 Å². The first-order valence-corrected chi connectivity index (χ1v) is 6.84. The van der Waals surface area contributed by atoms with Crippen molar-refractivity contribution in [2.24, 2.45) is 0 Å². The summed E-state index contributed by atoms with van der Waals surface area (Å²) in [5.41, 5.74) is 0. The van der Waals surface area contributed by atoms with E-state index in [0.29, 0.717) is 5.92 Å². The zero-order valence-electron chi connectivity index (χ0n) is 9.66. The highest BCUT2D eigenvalue weighted by molar-refractivity contribution is 7.16. The highest BCUT2D eigenvalue weighted by Gasteiger charge is 2.23. The number of piperidine rings is 1. The van der Waals surface area contributed by atoms with Gasteiger partial charge in [0.1, 0.15) is 11.6 Å². The van der Waals surface area contributed by atoms with Gasteiger partial charge in [-0.15, -0.1) is 11.3 Å². The van der Waals surface area contributed by atoms with Crippen molar-refractivity contribution in [3.63, 3.8) is 0 Å². The van der Waals surface area contributed by atoms with E-state index in [-0.39, 0.29) is 0 Å². The van der Waals surface area contributed by atoms with Gasteiger partial charge >= 0.3 is 0 Å². The van der Waals surface area contributed by atoms with Crippen LogP contribution in [0, 0.1) is 0 Å². The number of fused-ring (bicyclic) bond motifs is 1. The summed E-state index contributed by atoms with van der Waals surface area (Å²) in [4.78, 5) is 3.80. The minimum absolute atomic E-state index is 0.696. The Morgan fingerprint density at radius 3 is 3.25 bits per heavy atom. The first kappa shape index (κ1) is 10.4. The lowest BCUT2D eigenvalue weighted by atomic mass is 9.98. The van der Waals surface area contributed by atoms with Gasteiger partial charge in [-0.2, -0.15) is 0 Å². The molecule has 1 aromatic rings. The molecule has 0 bridgehead atoms. The molecule has 16 heavy (non-hydrogen) atoms. The number of hydrogen-bond donors (Lipinski definition) is 1. The average molecular weight is 238 g/mol. The Kier molecular flexibility index (Phi) is 2.77. The van der Waals surface area contributed by atoms with Crippen LogP contribution in [0.3, 0.4) is 0 Å². The number of rotatable bonds is 1. The number of nitrogens with zero attached hydrogens (tertiary/aromatic N) is 1. The normalized spacial score (nSPS) is 25.1. The average Bonchev–Trinajstić information content (AvgIpc) is 2.76. The van der Waals surface area contributed by atoms with Crippen molar-refractivity contribution in [1.82, 2.24) is 5.32 Å². The summed E-state index contributed by atoms with van der Waals surface area (Å²) >= 11 is 1.91. The standard InChI is InChI=1S/C12H18N2OS/c1-14-5-6-15-10-7-11(16-12(10)14)9-3-2-4-13-8-9/h7,9,13H,2-6,8H2,1H3. The van der Waals surface area contributed by atoms with E-state index in [1.54, 1.807) is 0 Å². The van der Waals surface area contributed by atoms with Crippen molar-refractivity contribution >= 4 is 16.3 Å². The molecule has 3 rings (SSSR count). The van der Waals surface area contributed by atoms with E-state index in [9.17, 15) is 0 Å². The Balaban J connectivity index is 1.85. The van der Waals surface area contributed by atoms with Crippen LogP contribution >= 0.6 is 11.3 Å². The first-order chi connectivity index (χ1) is 7.84. The number of ether oxygens (including phenoxy) is 1. The third kappa shape index (κ3) is 1.80. The Labute approximate surface area is 100 Å². The molecule has 2 aliphatic rings. The highest BCUT2D eigenvalue weighted by atomic mass is 32.1. The predicted octanol–water partition coefficient (Wildman–Crippen LogP) is 2.04. The van der Waals surface area contributed by atoms with E-state index in [0.717, 1.165) is 25.4 Å². The van der Waals surface area contributed by atoms with Gasteiger partial charge in [0.2, 0.25) is 0 Å². The Morgan fingerprint density at radius 2 is 2.50 bits per heavy atom. The fraction of sp³-hybridized carbons (Fsp3) is 0.667. The zero-order chi connectivity index (χ0) is 11.0. The minimum atomic E-state index is 0.696. The van der Waals surface area contributed by atoms with E-state index >= 15 is 0 Å². The Morgan fingerprint density at radius 1 is 1.56 bits per heavy atom. The molecule has 0 radical (unpaired) electrons. The molecule has 1 fully saturated rings. The summed E-state index contributed by atoms with van der Waals surface area (Å²) in [5, 5.41) is 4.79. The summed E-state index contributed by atoms with van der Waals surface area (Å²) in [5.74, 6) is 1.79. The van der Waals surface area contributed by atoms with Crippen LogP contribution in [0.4, 0.5) is 5.00 Å². The van der Waals surface area contributed by atoms with Crippen LogP contribution in [0.25, 0.3) is 0 Å². The van der Waals surface area contributed by atoms with Gasteiger partial charge < -0.3 is 15.0 Å². The summed E-state index contributed by atoms with van der Waals surface area (Å²) in [7, 11) is 2.15. The molecule has 0 spiro atoms. The topological polar surface area (TPSA) is 24.5 Å². The van der Waals surface area contributed by atoms with Crippen LogP contribution in [0.1, 0.15) is 23.6 Å². The van der Waals surface area contributed by atoms with E-state index in [1.165, 1.54) is 29.3 Å². The molecule has 4 heteroatoms. The first-order valence-electron chi connectivity index (χ1n) is 6.03. The van der Waals surface area contributed by atoms with Crippen LogP contribution < -0.4 is 15.0 Å². The summed E-state index contributed by atoms with van der Waals surface area (Å²) in [6.07, 6.45) is 2.61. The maximum absolute atomic E-state index is 5.71. The lowest BCUT2D eigenvalue weighted by molar-refractivity contribution is 0.313. The van der Waals surface area contributed by atoms with Gasteiger partial charge in [0, 0.05) is 24.4 Å². The molecule has 0 amide bonds. The molecule has 0 aromatic carbocycles. The maximum Gasteiger partial charge on any atom is 0.154 e. The quantitative estimate of drug-likeness (QED) is 0.810. The molecule has 2 aliphatic heterocycles. The minimum Gasteiger partial charge on any atom is -0.489 e. The van der Waals surface area contributed by atoms with E-state index in [4.69, 9.17) is 4.74 Å². The second-order valence-electron chi connectivity index (χ2n) is 4.63. The van der Waals surface area contributed by atoms with Crippen molar-refractivity contribution in [2.75, 3.05) is 38.2 Å². The molecular formula is C12H18N2OS. The second kappa shape index (κ2) is 4.26. The Hall–Kier alpha value is -0.740. The maximum atomic E-state index is 5.71.